The van der Waals surface area contributed by atoms with Crippen LogP contribution in [0.1, 0.15) is 11.6 Å². The van der Waals surface area contributed by atoms with E-state index in [4.69, 9.17) is 5.73 Å². The highest BCUT2D eigenvalue weighted by molar-refractivity contribution is 5.45. The molecule has 2 aromatic rings. The van der Waals surface area contributed by atoms with Crippen molar-refractivity contribution in [2.75, 3.05) is 18.5 Å². The lowest BCUT2D eigenvalue weighted by molar-refractivity contribution is 0.561. The van der Waals surface area contributed by atoms with Crippen LogP contribution in [0.25, 0.3) is 0 Å². The highest BCUT2D eigenvalue weighted by Gasteiger charge is 2.15. The molecule has 0 bridgehead atoms. The highest BCUT2D eigenvalue weighted by Crippen LogP contribution is 2.20. The monoisotopic (exact) mass is 280 g/mol. The quantitative estimate of drug-likeness (QED) is 0.931. The molecular weight excluding hydrogens is 265 g/mol. The molecule has 0 saturated carbocycles. The van der Waals surface area contributed by atoms with E-state index >= 15 is 0 Å². The molecule has 0 aromatic heterocycles. The average molecular weight is 280 g/mol. The van der Waals surface area contributed by atoms with Crippen LogP contribution in [-0.2, 0) is 0 Å². The Kier molecular flexibility index (Phi) is 4.29. The van der Waals surface area contributed by atoms with Crippen molar-refractivity contribution in [3.63, 3.8) is 0 Å². The lowest BCUT2D eigenvalue weighted by Gasteiger charge is -2.24. The van der Waals surface area contributed by atoms with Crippen LogP contribution in [0.15, 0.2) is 42.5 Å². The van der Waals surface area contributed by atoms with Gasteiger partial charge < -0.3 is 10.6 Å². The summed E-state index contributed by atoms with van der Waals surface area (Å²) in [5.41, 5.74) is 6.78. The Bertz CT molecular complexity index is 584. The first-order valence-corrected chi connectivity index (χ1v) is 6.14. The van der Waals surface area contributed by atoms with Gasteiger partial charge in [-0.1, -0.05) is 0 Å². The van der Waals surface area contributed by atoms with Crippen molar-refractivity contribution in [2.45, 2.75) is 6.04 Å². The Hall–Kier alpha value is -2.01. The van der Waals surface area contributed by atoms with Crippen LogP contribution >= 0.6 is 0 Å². The van der Waals surface area contributed by atoms with Crippen LogP contribution in [0, 0.1) is 17.5 Å². The molecule has 0 radical (unpaired) electrons. The van der Waals surface area contributed by atoms with Gasteiger partial charge >= 0.3 is 0 Å². The van der Waals surface area contributed by atoms with E-state index in [1.54, 1.807) is 24.1 Å². The summed E-state index contributed by atoms with van der Waals surface area (Å²) in [6, 6.07) is 8.39. The maximum atomic E-state index is 13.6. The van der Waals surface area contributed by atoms with E-state index in [0.29, 0.717) is 0 Å². The summed E-state index contributed by atoms with van der Waals surface area (Å²) in [7, 11) is 1.75. The fourth-order valence-electron chi connectivity index (χ4n) is 1.99. The van der Waals surface area contributed by atoms with E-state index in [2.05, 4.69) is 0 Å². The van der Waals surface area contributed by atoms with Crippen molar-refractivity contribution < 1.29 is 13.2 Å². The number of hydrogen-bond donors (Lipinski definition) is 1. The summed E-state index contributed by atoms with van der Waals surface area (Å²) in [6.07, 6.45) is 0. The molecule has 1 unspecified atom stereocenters. The molecule has 1 atom stereocenters. The maximum absolute atomic E-state index is 13.6. The molecule has 0 aliphatic heterocycles. The maximum Gasteiger partial charge on any atom is 0.128 e. The van der Waals surface area contributed by atoms with Gasteiger partial charge in [0.25, 0.3) is 0 Å². The molecule has 0 fully saturated rings. The van der Waals surface area contributed by atoms with Gasteiger partial charge in [0.15, 0.2) is 0 Å². The van der Waals surface area contributed by atoms with E-state index in [0.717, 1.165) is 23.9 Å². The summed E-state index contributed by atoms with van der Waals surface area (Å²) in [5.74, 6) is -1.39. The van der Waals surface area contributed by atoms with Crippen molar-refractivity contribution in [2.24, 2.45) is 5.73 Å². The SMILES string of the molecule is CN(CC(N)c1cc(F)ccc1F)c1ccc(F)cc1. The molecule has 2 aromatic carbocycles. The zero-order valence-electron chi connectivity index (χ0n) is 11.0. The normalized spacial score (nSPS) is 12.2. The number of anilines is 1. The zero-order chi connectivity index (χ0) is 14.7. The highest BCUT2D eigenvalue weighted by atomic mass is 19.1. The number of hydrogen-bond acceptors (Lipinski definition) is 2. The molecule has 0 amide bonds. The van der Waals surface area contributed by atoms with Crippen LogP contribution in [-0.4, -0.2) is 13.6 Å². The predicted molar refractivity (Wildman–Crippen MR) is 73.0 cm³/mol. The van der Waals surface area contributed by atoms with Crippen molar-refractivity contribution in [3.05, 3.63) is 65.5 Å². The third-order valence-corrected chi connectivity index (χ3v) is 3.10. The topological polar surface area (TPSA) is 29.3 Å². The molecule has 2 N–H and O–H groups in total. The van der Waals surface area contributed by atoms with Gasteiger partial charge in [0.1, 0.15) is 17.5 Å². The van der Waals surface area contributed by atoms with E-state index in [-0.39, 0.29) is 17.9 Å². The summed E-state index contributed by atoms with van der Waals surface area (Å²) in [4.78, 5) is 1.76. The van der Waals surface area contributed by atoms with Crippen LogP contribution in [0.4, 0.5) is 18.9 Å². The minimum atomic E-state index is -0.680. The first-order valence-electron chi connectivity index (χ1n) is 6.14. The van der Waals surface area contributed by atoms with E-state index < -0.39 is 17.7 Å². The van der Waals surface area contributed by atoms with Gasteiger partial charge in [0.2, 0.25) is 0 Å². The van der Waals surface area contributed by atoms with Crippen molar-refractivity contribution >= 4 is 5.69 Å². The minimum absolute atomic E-state index is 0.124. The molecule has 0 aliphatic carbocycles. The molecule has 106 valence electrons. The van der Waals surface area contributed by atoms with Crippen LogP contribution < -0.4 is 10.6 Å². The van der Waals surface area contributed by atoms with Gasteiger partial charge in [-0.3, -0.25) is 0 Å². The number of benzene rings is 2. The molecule has 20 heavy (non-hydrogen) atoms. The van der Waals surface area contributed by atoms with Gasteiger partial charge in [-0.25, -0.2) is 13.2 Å². The Morgan fingerprint density at radius 1 is 1.00 bits per heavy atom. The van der Waals surface area contributed by atoms with Crippen molar-refractivity contribution in [1.82, 2.24) is 0 Å². The average Bonchev–Trinajstić information content (AvgIpc) is 2.42. The standard InChI is InChI=1S/C15H15F3N2/c1-20(12-5-2-10(16)3-6-12)9-15(19)13-8-11(17)4-7-14(13)18/h2-8,15H,9,19H2,1H3. The summed E-state index contributed by atoms with van der Waals surface area (Å²) >= 11 is 0. The van der Waals surface area contributed by atoms with Crippen LogP contribution in [0.3, 0.4) is 0 Å². The lowest BCUT2D eigenvalue weighted by Crippen LogP contribution is -2.29. The Morgan fingerprint density at radius 3 is 2.25 bits per heavy atom. The van der Waals surface area contributed by atoms with Gasteiger partial charge in [-0.05, 0) is 42.5 Å². The van der Waals surface area contributed by atoms with Crippen molar-refractivity contribution in [3.8, 4) is 0 Å². The second-order valence-corrected chi connectivity index (χ2v) is 4.63. The lowest BCUT2D eigenvalue weighted by atomic mass is 10.1. The number of rotatable bonds is 4. The molecule has 0 aliphatic rings. The second-order valence-electron chi connectivity index (χ2n) is 4.63. The fourth-order valence-corrected chi connectivity index (χ4v) is 1.99. The Balaban J connectivity index is 2.12. The smallest absolute Gasteiger partial charge is 0.128 e. The number of halogens is 3. The molecule has 0 heterocycles. The Morgan fingerprint density at radius 2 is 1.60 bits per heavy atom. The fraction of sp³-hybridized carbons (Fsp3) is 0.200. The van der Waals surface area contributed by atoms with Crippen LogP contribution in [0.5, 0.6) is 0 Å². The first-order chi connectivity index (χ1) is 9.47. The molecular formula is C15H15F3N2. The largest absolute Gasteiger partial charge is 0.373 e. The van der Waals surface area contributed by atoms with Crippen LogP contribution in [0.2, 0.25) is 0 Å². The third kappa shape index (κ3) is 3.30. The van der Waals surface area contributed by atoms with E-state index in [1.165, 1.54) is 12.1 Å². The summed E-state index contributed by atoms with van der Waals surface area (Å²) in [5, 5.41) is 0. The van der Waals surface area contributed by atoms with E-state index in [1.807, 2.05) is 0 Å². The molecule has 2 rings (SSSR count). The second kappa shape index (κ2) is 5.96. The first kappa shape index (κ1) is 14.4. The van der Waals surface area contributed by atoms with Gasteiger partial charge in [-0.2, -0.15) is 0 Å². The number of nitrogens with zero attached hydrogens (tertiary/aromatic N) is 1. The van der Waals surface area contributed by atoms with Gasteiger partial charge in [0.05, 0.1) is 6.04 Å². The Labute approximate surface area is 115 Å². The summed E-state index contributed by atoms with van der Waals surface area (Å²) < 4.78 is 39.6. The molecule has 0 saturated heterocycles. The predicted octanol–water partition coefficient (Wildman–Crippen LogP) is 3.24. The van der Waals surface area contributed by atoms with Gasteiger partial charge in [-0.15, -0.1) is 0 Å². The molecule has 5 heteroatoms. The van der Waals surface area contributed by atoms with E-state index in [9.17, 15) is 13.2 Å². The van der Waals surface area contributed by atoms with Crippen molar-refractivity contribution in [1.29, 1.82) is 0 Å². The third-order valence-electron chi connectivity index (χ3n) is 3.10. The number of likely N-dealkylation sites (N-methyl/N-ethyl adjacent to an activating group) is 1. The zero-order valence-corrected chi connectivity index (χ0v) is 11.0. The minimum Gasteiger partial charge on any atom is -0.373 e. The molecule has 0 spiro atoms. The number of nitrogens with two attached hydrogens (primary N) is 1. The van der Waals surface area contributed by atoms with Gasteiger partial charge in [0, 0.05) is 24.8 Å². The summed E-state index contributed by atoms with van der Waals surface area (Å²) in [6.45, 7) is 0.284. The molecule has 2 nitrogen and oxygen atoms in total.